The largest absolute Gasteiger partial charge is 0.337 e. The number of nitrogens with one attached hydrogen (secondary N) is 2. The summed E-state index contributed by atoms with van der Waals surface area (Å²) in [5.41, 5.74) is 5.91. The number of nitrogens with zero attached hydrogens (tertiary/aromatic N) is 3. The van der Waals surface area contributed by atoms with E-state index in [0.717, 1.165) is 33.3 Å². The minimum absolute atomic E-state index is 0.273. The summed E-state index contributed by atoms with van der Waals surface area (Å²) in [5.74, 6) is 0.376. The van der Waals surface area contributed by atoms with Crippen molar-refractivity contribution in [1.29, 1.82) is 0 Å². The standard InChI is InChI=1S/C23H16FN5/c24-18-6-1-5-16(12-18)19-7-2-8-20-22(19)28-23(27-20)21-17(14-26-29-21)10-9-15-4-3-11-25-13-15/h1-14H,(H,26,29)(H,27,28). The van der Waals surface area contributed by atoms with Gasteiger partial charge in [-0.3, -0.25) is 10.1 Å². The highest BCUT2D eigenvalue weighted by Crippen LogP contribution is 2.30. The van der Waals surface area contributed by atoms with Crippen molar-refractivity contribution in [2.75, 3.05) is 0 Å². The maximum atomic E-state index is 13.7. The minimum atomic E-state index is -0.273. The van der Waals surface area contributed by atoms with E-state index < -0.39 is 0 Å². The molecule has 0 radical (unpaired) electrons. The van der Waals surface area contributed by atoms with Crippen LogP contribution in [0.25, 0.3) is 45.8 Å². The number of para-hydroxylation sites is 1. The Bertz CT molecular complexity index is 1320. The summed E-state index contributed by atoms with van der Waals surface area (Å²) in [6.07, 6.45) is 9.30. The van der Waals surface area contributed by atoms with Crippen molar-refractivity contribution in [3.8, 4) is 22.6 Å². The lowest BCUT2D eigenvalue weighted by Crippen LogP contribution is -1.84. The third-order valence-electron chi connectivity index (χ3n) is 4.68. The Labute approximate surface area is 166 Å². The molecule has 140 valence electrons. The van der Waals surface area contributed by atoms with Crippen LogP contribution in [0.1, 0.15) is 11.1 Å². The molecule has 6 heteroatoms. The number of rotatable bonds is 4. The van der Waals surface area contributed by atoms with Crippen molar-refractivity contribution in [1.82, 2.24) is 25.1 Å². The van der Waals surface area contributed by atoms with Gasteiger partial charge in [-0.2, -0.15) is 5.10 Å². The molecule has 2 N–H and O–H groups in total. The molecule has 0 saturated heterocycles. The first kappa shape index (κ1) is 17.1. The van der Waals surface area contributed by atoms with E-state index in [-0.39, 0.29) is 5.82 Å². The van der Waals surface area contributed by atoms with Gasteiger partial charge in [0, 0.05) is 29.7 Å². The van der Waals surface area contributed by atoms with Gasteiger partial charge < -0.3 is 4.98 Å². The summed E-state index contributed by atoms with van der Waals surface area (Å²) < 4.78 is 13.7. The van der Waals surface area contributed by atoms with E-state index in [1.807, 2.05) is 54.7 Å². The Hall–Kier alpha value is -4.06. The zero-order valence-electron chi connectivity index (χ0n) is 15.3. The second-order valence-electron chi connectivity index (χ2n) is 6.61. The fraction of sp³-hybridized carbons (Fsp3) is 0. The van der Waals surface area contributed by atoms with Crippen LogP contribution >= 0.6 is 0 Å². The number of halogens is 1. The zero-order valence-corrected chi connectivity index (χ0v) is 15.3. The molecule has 0 spiro atoms. The summed E-state index contributed by atoms with van der Waals surface area (Å²) >= 11 is 0. The van der Waals surface area contributed by atoms with Crippen LogP contribution in [-0.2, 0) is 0 Å². The first-order valence-corrected chi connectivity index (χ1v) is 9.15. The molecule has 0 aliphatic carbocycles. The molecule has 5 rings (SSSR count). The third kappa shape index (κ3) is 3.32. The summed E-state index contributed by atoms with van der Waals surface area (Å²) in [6.45, 7) is 0. The van der Waals surface area contributed by atoms with Crippen molar-refractivity contribution >= 4 is 23.2 Å². The van der Waals surface area contributed by atoms with Gasteiger partial charge in [0.25, 0.3) is 0 Å². The number of pyridine rings is 1. The maximum Gasteiger partial charge on any atom is 0.159 e. The molecule has 0 fully saturated rings. The SMILES string of the molecule is Fc1cccc(-c2cccc3[nH]c(-c4n[nH]cc4C=Cc4cccnc4)nc23)c1. The summed E-state index contributed by atoms with van der Waals surface area (Å²) in [6, 6.07) is 16.2. The van der Waals surface area contributed by atoms with Crippen molar-refractivity contribution in [2.24, 2.45) is 0 Å². The van der Waals surface area contributed by atoms with Crippen LogP contribution in [0.2, 0.25) is 0 Å². The van der Waals surface area contributed by atoms with Gasteiger partial charge in [-0.25, -0.2) is 9.37 Å². The molecule has 0 aliphatic heterocycles. The summed E-state index contributed by atoms with van der Waals surface area (Å²) in [7, 11) is 0. The van der Waals surface area contributed by atoms with Gasteiger partial charge >= 0.3 is 0 Å². The molecule has 29 heavy (non-hydrogen) atoms. The van der Waals surface area contributed by atoms with Gasteiger partial charge in [-0.1, -0.05) is 42.5 Å². The average molecular weight is 381 g/mol. The van der Waals surface area contributed by atoms with Crippen LogP contribution in [0, 0.1) is 5.82 Å². The van der Waals surface area contributed by atoms with Crippen LogP contribution < -0.4 is 0 Å². The predicted octanol–water partition coefficient (Wildman–Crippen LogP) is 5.32. The number of aromatic amines is 2. The Morgan fingerprint density at radius 2 is 1.90 bits per heavy atom. The maximum absolute atomic E-state index is 13.7. The number of benzene rings is 2. The average Bonchev–Trinajstić information content (AvgIpc) is 3.39. The smallest absolute Gasteiger partial charge is 0.159 e. The summed E-state index contributed by atoms with van der Waals surface area (Å²) in [4.78, 5) is 12.2. The van der Waals surface area contributed by atoms with Gasteiger partial charge in [0.15, 0.2) is 5.82 Å². The lowest BCUT2D eigenvalue weighted by Gasteiger charge is -2.02. The second-order valence-corrected chi connectivity index (χ2v) is 6.61. The van der Waals surface area contributed by atoms with E-state index in [2.05, 4.69) is 20.2 Å². The predicted molar refractivity (Wildman–Crippen MR) is 112 cm³/mol. The highest BCUT2D eigenvalue weighted by molar-refractivity contribution is 5.94. The van der Waals surface area contributed by atoms with Gasteiger partial charge in [0.05, 0.1) is 11.0 Å². The lowest BCUT2D eigenvalue weighted by molar-refractivity contribution is 0.628. The van der Waals surface area contributed by atoms with Crippen LogP contribution in [0.5, 0.6) is 0 Å². The van der Waals surface area contributed by atoms with Gasteiger partial charge in [-0.05, 0) is 35.4 Å². The van der Waals surface area contributed by atoms with Crippen LogP contribution in [0.15, 0.2) is 73.2 Å². The Morgan fingerprint density at radius 1 is 0.966 bits per heavy atom. The first-order valence-electron chi connectivity index (χ1n) is 9.15. The molecule has 0 saturated carbocycles. The minimum Gasteiger partial charge on any atom is -0.337 e. The zero-order chi connectivity index (χ0) is 19.6. The van der Waals surface area contributed by atoms with Gasteiger partial charge in [0.2, 0.25) is 0 Å². The topological polar surface area (TPSA) is 70.2 Å². The molecule has 0 amide bonds. The van der Waals surface area contributed by atoms with Crippen LogP contribution in [0.4, 0.5) is 4.39 Å². The van der Waals surface area contributed by atoms with E-state index >= 15 is 0 Å². The summed E-state index contributed by atoms with van der Waals surface area (Å²) in [5, 5.41) is 7.27. The molecule has 3 heterocycles. The van der Waals surface area contributed by atoms with Crippen LogP contribution in [0.3, 0.4) is 0 Å². The molecule has 5 nitrogen and oxygen atoms in total. The number of hydrogen-bond acceptors (Lipinski definition) is 3. The molecule has 0 bridgehead atoms. The number of fused-ring (bicyclic) bond motifs is 1. The molecule has 5 aromatic rings. The van der Waals surface area contributed by atoms with E-state index in [0.29, 0.717) is 11.5 Å². The van der Waals surface area contributed by atoms with Gasteiger partial charge in [0.1, 0.15) is 11.5 Å². The fourth-order valence-electron chi connectivity index (χ4n) is 3.31. The monoisotopic (exact) mass is 381 g/mol. The fourth-order valence-corrected chi connectivity index (χ4v) is 3.31. The number of hydrogen-bond donors (Lipinski definition) is 2. The van der Waals surface area contributed by atoms with E-state index in [4.69, 9.17) is 4.98 Å². The highest BCUT2D eigenvalue weighted by atomic mass is 19.1. The number of aromatic nitrogens is 5. The Kier molecular flexibility index (Phi) is 4.22. The molecule has 0 aliphatic rings. The van der Waals surface area contributed by atoms with E-state index in [1.165, 1.54) is 12.1 Å². The Morgan fingerprint density at radius 3 is 2.76 bits per heavy atom. The molecule has 2 aromatic carbocycles. The van der Waals surface area contributed by atoms with Crippen molar-refractivity contribution in [3.05, 3.63) is 90.1 Å². The highest BCUT2D eigenvalue weighted by Gasteiger charge is 2.14. The normalized spacial score (nSPS) is 11.5. The molecule has 0 unspecified atom stereocenters. The van der Waals surface area contributed by atoms with Crippen molar-refractivity contribution < 1.29 is 4.39 Å². The van der Waals surface area contributed by atoms with E-state index in [9.17, 15) is 4.39 Å². The van der Waals surface area contributed by atoms with Crippen molar-refractivity contribution in [3.63, 3.8) is 0 Å². The molecule has 3 aromatic heterocycles. The van der Waals surface area contributed by atoms with Crippen LogP contribution in [-0.4, -0.2) is 25.1 Å². The third-order valence-corrected chi connectivity index (χ3v) is 4.68. The van der Waals surface area contributed by atoms with Gasteiger partial charge in [-0.15, -0.1) is 0 Å². The lowest BCUT2D eigenvalue weighted by atomic mass is 10.0. The number of H-pyrrole nitrogens is 2. The Balaban J connectivity index is 1.57. The molecular formula is C23H16FN5. The molecule has 0 atom stereocenters. The quantitative estimate of drug-likeness (QED) is 0.442. The van der Waals surface area contributed by atoms with Crippen molar-refractivity contribution in [2.45, 2.75) is 0 Å². The van der Waals surface area contributed by atoms with E-state index in [1.54, 1.807) is 18.5 Å². The molecular weight excluding hydrogens is 365 g/mol. The number of imidazole rings is 1. The second kappa shape index (κ2) is 7.16. The first-order chi connectivity index (χ1) is 14.3.